The summed E-state index contributed by atoms with van der Waals surface area (Å²) >= 11 is 0. The Kier molecular flexibility index (Phi) is 21.4. The summed E-state index contributed by atoms with van der Waals surface area (Å²) in [6, 6.07) is 0. The van der Waals surface area contributed by atoms with E-state index in [2.05, 4.69) is 11.7 Å². The summed E-state index contributed by atoms with van der Waals surface area (Å²) in [5.74, 6) is -1.38. The molecule has 5 heteroatoms. The lowest BCUT2D eigenvalue weighted by atomic mass is 10.0. The molecule has 0 aliphatic heterocycles. The second-order valence-corrected chi connectivity index (χ2v) is 7.17. The second kappa shape index (κ2) is 20.4. The molecule has 0 rings (SSSR count). The number of unbranched alkanes of at least 4 members (excludes halogenated alkanes) is 14. The van der Waals surface area contributed by atoms with Gasteiger partial charge in [-0.15, -0.1) is 0 Å². The summed E-state index contributed by atoms with van der Waals surface area (Å²) in [5.41, 5.74) is 0. The molecular weight excluding hydrogens is 330 g/mol. The Morgan fingerprint density at radius 3 is 1.42 bits per heavy atom. The average Bonchev–Trinajstić information content (AvgIpc) is 2.58. The predicted octanol–water partition coefficient (Wildman–Crippen LogP) is 5.86. The van der Waals surface area contributed by atoms with Gasteiger partial charge in [-0.25, -0.2) is 4.79 Å². The normalized spacial score (nSPS) is 11.7. The molecule has 0 aromatic heterocycles. The topological polar surface area (TPSA) is 98.6 Å². The zero-order valence-corrected chi connectivity index (χ0v) is 17.3. The first-order chi connectivity index (χ1) is 12.1. The number of esters is 2. The lowest BCUT2D eigenvalue weighted by Crippen LogP contribution is -2.22. The number of carbonyl (C=O) groups is 2. The van der Waals surface area contributed by atoms with Crippen molar-refractivity contribution < 1.29 is 19.4 Å². The minimum absolute atomic E-state index is 0. The maximum atomic E-state index is 11.3. The number of hydrogen-bond acceptors (Lipinski definition) is 5. The van der Waals surface area contributed by atoms with E-state index >= 15 is 0 Å². The van der Waals surface area contributed by atoms with Gasteiger partial charge < -0.3 is 16.0 Å². The van der Waals surface area contributed by atoms with Gasteiger partial charge >= 0.3 is 11.9 Å². The summed E-state index contributed by atoms with van der Waals surface area (Å²) < 4.78 is 4.50. The highest BCUT2D eigenvalue weighted by atomic mass is 16.6. The van der Waals surface area contributed by atoms with E-state index in [1.54, 1.807) is 0 Å². The highest BCUT2D eigenvalue weighted by molar-refractivity contribution is 5.87. The molecule has 156 valence electrons. The first kappa shape index (κ1) is 27.3. The Labute approximate surface area is 160 Å². The number of rotatable bonds is 17. The fraction of sp³-hybridized carbons (Fsp3) is 0.905. The smallest absolute Gasteiger partial charge is 0.342 e. The van der Waals surface area contributed by atoms with Crippen molar-refractivity contribution in [2.24, 2.45) is 0 Å². The molecule has 0 amide bonds. The quantitative estimate of drug-likeness (QED) is 0.189. The van der Waals surface area contributed by atoms with Crippen molar-refractivity contribution >= 4 is 11.9 Å². The van der Waals surface area contributed by atoms with Crippen LogP contribution >= 0.6 is 0 Å². The molecule has 0 radical (unpaired) electrons. The van der Waals surface area contributed by atoms with Gasteiger partial charge in [-0.3, -0.25) is 4.79 Å². The summed E-state index contributed by atoms with van der Waals surface area (Å²) in [5, 5.41) is 8.95. The van der Waals surface area contributed by atoms with E-state index in [0.29, 0.717) is 0 Å². The van der Waals surface area contributed by atoms with Gasteiger partial charge in [0, 0.05) is 6.42 Å². The first-order valence-corrected chi connectivity index (χ1v) is 10.5. The van der Waals surface area contributed by atoms with Crippen LogP contribution in [0.2, 0.25) is 0 Å². The highest BCUT2D eigenvalue weighted by Gasteiger charge is 2.14. The lowest BCUT2D eigenvalue weighted by Gasteiger charge is -2.05. The summed E-state index contributed by atoms with van der Waals surface area (Å²) in [7, 11) is 0. The molecule has 0 aliphatic rings. The van der Waals surface area contributed by atoms with Gasteiger partial charge in [-0.2, -0.15) is 0 Å². The Morgan fingerprint density at radius 2 is 1.08 bits per heavy atom. The molecule has 26 heavy (non-hydrogen) atoms. The molecule has 0 saturated heterocycles. The van der Waals surface area contributed by atoms with Crippen LogP contribution in [0.15, 0.2) is 0 Å². The maximum absolute atomic E-state index is 11.3. The van der Waals surface area contributed by atoms with Gasteiger partial charge in [-0.05, 0) is 13.3 Å². The summed E-state index contributed by atoms with van der Waals surface area (Å²) in [4.78, 5) is 22.4. The van der Waals surface area contributed by atoms with Gasteiger partial charge in [0.2, 0.25) is 0 Å². The second-order valence-electron chi connectivity index (χ2n) is 7.17. The van der Waals surface area contributed by atoms with E-state index in [-0.39, 0.29) is 12.6 Å². The minimum Gasteiger partial charge on any atom is -0.391 e. The molecule has 1 atom stereocenters. The fourth-order valence-corrected chi connectivity index (χ4v) is 2.89. The number of ether oxygens (including phenoxy) is 1. The van der Waals surface area contributed by atoms with Crippen LogP contribution in [0.3, 0.4) is 0 Å². The number of carbonyl (C=O) groups excluding carboxylic acids is 2. The highest BCUT2D eigenvalue weighted by Crippen LogP contribution is 2.13. The third kappa shape index (κ3) is 19.4. The zero-order valence-electron chi connectivity index (χ0n) is 17.3. The van der Waals surface area contributed by atoms with Crippen LogP contribution < -0.4 is 6.15 Å². The molecule has 0 aromatic rings. The molecule has 0 heterocycles. The molecular formula is C21H43NO4. The van der Waals surface area contributed by atoms with Crippen molar-refractivity contribution in [3.8, 4) is 0 Å². The zero-order chi connectivity index (χ0) is 18.8. The fourth-order valence-electron chi connectivity index (χ4n) is 2.89. The third-order valence-electron chi connectivity index (χ3n) is 4.54. The lowest BCUT2D eigenvalue weighted by molar-refractivity contribution is -0.165. The molecule has 0 aromatic carbocycles. The third-order valence-corrected chi connectivity index (χ3v) is 4.54. The number of hydrogen-bond donors (Lipinski definition) is 2. The Morgan fingerprint density at radius 1 is 0.731 bits per heavy atom. The predicted molar refractivity (Wildman–Crippen MR) is 107 cm³/mol. The van der Waals surface area contributed by atoms with E-state index < -0.39 is 18.0 Å². The number of aliphatic hydroxyl groups is 1. The van der Waals surface area contributed by atoms with Crippen LogP contribution in [0.25, 0.3) is 0 Å². The molecule has 0 fully saturated rings. The molecule has 0 bridgehead atoms. The number of aliphatic hydroxyl groups excluding tert-OH is 1. The van der Waals surface area contributed by atoms with Crippen LogP contribution in [0.4, 0.5) is 0 Å². The Balaban J connectivity index is 0. The van der Waals surface area contributed by atoms with E-state index in [9.17, 15) is 9.59 Å². The first-order valence-electron chi connectivity index (χ1n) is 10.5. The molecule has 0 saturated carbocycles. The van der Waals surface area contributed by atoms with Crippen LogP contribution in [-0.2, 0) is 14.3 Å². The maximum Gasteiger partial charge on any atom is 0.342 e. The standard InChI is InChI=1S/C21H40O4.H3N/c1-3-4-5-6-7-8-9-10-11-12-13-14-15-16-17-18-20(23)25-21(24)19(2)22;/h19,22H,3-18H2,1-2H3;1H3. The summed E-state index contributed by atoms with van der Waals surface area (Å²) in [6.45, 7) is 3.55. The molecule has 0 spiro atoms. The van der Waals surface area contributed by atoms with Crippen molar-refractivity contribution in [3.05, 3.63) is 0 Å². The van der Waals surface area contributed by atoms with E-state index in [4.69, 9.17) is 5.11 Å². The molecule has 4 N–H and O–H groups in total. The van der Waals surface area contributed by atoms with Gasteiger partial charge in [0.05, 0.1) is 0 Å². The van der Waals surface area contributed by atoms with Crippen molar-refractivity contribution in [1.82, 2.24) is 6.15 Å². The van der Waals surface area contributed by atoms with Crippen LogP contribution in [-0.4, -0.2) is 23.1 Å². The Hall–Kier alpha value is -0.940. The van der Waals surface area contributed by atoms with Crippen molar-refractivity contribution in [2.45, 2.75) is 123 Å². The van der Waals surface area contributed by atoms with Crippen molar-refractivity contribution in [2.75, 3.05) is 0 Å². The molecule has 5 nitrogen and oxygen atoms in total. The SMILES string of the molecule is CCCCCCCCCCCCCCCCCC(=O)OC(=O)C(C)O.N. The van der Waals surface area contributed by atoms with Gasteiger partial charge in [-0.1, -0.05) is 96.8 Å². The largest absolute Gasteiger partial charge is 0.391 e. The molecule has 0 aliphatic carbocycles. The van der Waals surface area contributed by atoms with Crippen LogP contribution in [0.1, 0.15) is 117 Å². The van der Waals surface area contributed by atoms with Crippen molar-refractivity contribution in [1.29, 1.82) is 0 Å². The minimum atomic E-state index is -1.23. The van der Waals surface area contributed by atoms with Gasteiger partial charge in [0.1, 0.15) is 6.10 Å². The van der Waals surface area contributed by atoms with Crippen molar-refractivity contribution in [3.63, 3.8) is 0 Å². The van der Waals surface area contributed by atoms with E-state index in [0.717, 1.165) is 19.3 Å². The van der Waals surface area contributed by atoms with Gasteiger partial charge in [0.15, 0.2) is 0 Å². The van der Waals surface area contributed by atoms with Gasteiger partial charge in [0.25, 0.3) is 0 Å². The van der Waals surface area contributed by atoms with Crippen LogP contribution in [0.5, 0.6) is 0 Å². The van der Waals surface area contributed by atoms with E-state index in [1.165, 1.54) is 84.0 Å². The summed E-state index contributed by atoms with van der Waals surface area (Å²) in [6.07, 6.45) is 18.2. The molecule has 1 unspecified atom stereocenters. The van der Waals surface area contributed by atoms with Crippen LogP contribution in [0, 0.1) is 0 Å². The monoisotopic (exact) mass is 373 g/mol. The average molecular weight is 374 g/mol. The van der Waals surface area contributed by atoms with E-state index in [1.807, 2.05) is 0 Å². The Bertz CT molecular complexity index is 332.